The van der Waals surface area contributed by atoms with Crippen LogP contribution in [0.1, 0.15) is 43.6 Å². The van der Waals surface area contributed by atoms with Crippen molar-refractivity contribution in [1.82, 2.24) is 0 Å². The van der Waals surface area contributed by atoms with Crippen molar-refractivity contribution in [2.24, 2.45) is 5.92 Å². The van der Waals surface area contributed by atoms with Crippen molar-refractivity contribution in [3.8, 4) is 0 Å². The van der Waals surface area contributed by atoms with E-state index in [2.05, 4.69) is 28.4 Å². The van der Waals surface area contributed by atoms with Crippen LogP contribution in [0.2, 0.25) is 5.02 Å². The number of ether oxygens (including phenoxy) is 2. The highest BCUT2D eigenvalue weighted by molar-refractivity contribution is 6.30. The van der Waals surface area contributed by atoms with Gasteiger partial charge in [-0.05, 0) is 73.6 Å². The summed E-state index contributed by atoms with van der Waals surface area (Å²) in [5.41, 5.74) is 4.37. The average molecular weight is 457 g/mol. The van der Waals surface area contributed by atoms with Crippen molar-refractivity contribution >= 4 is 34.9 Å². The SMILES string of the molecule is COCC(CC=O)c1ccc(N(CC2CC2)C2CCOCC2)c(Nc2ccc(Cl)cc2)c1. The molecule has 172 valence electrons. The molecule has 1 saturated heterocycles. The van der Waals surface area contributed by atoms with Crippen LogP contribution >= 0.6 is 11.6 Å². The molecule has 0 amide bonds. The summed E-state index contributed by atoms with van der Waals surface area (Å²) in [4.78, 5) is 13.9. The predicted molar refractivity (Wildman–Crippen MR) is 130 cm³/mol. The van der Waals surface area contributed by atoms with Gasteiger partial charge in [0.25, 0.3) is 0 Å². The molecule has 0 spiro atoms. The summed E-state index contributed by atoms with van der Waals surface area (Å²) in [6.07, 6.45) is 6.14. The van der Waals surface area contributed by atoms with Crippen LogP contribution in [-0.2, 0) is 14.3 Å². The second-order valence-electron chi connectivity index (χ2n) is 8.90. The minimum atomic E-state index is 0.0391. The molecule has 5 nitrogen and oxygen atoms in total. The number of hydrogen-bond donors (Lipinski definition) is 1. The van der Waals surface area contributed by atoms with Crippen LogP contribution in [0.3, 0.4) is 0 Å². The molecular formula is C26H33ClN2O3. The molecule has 2 aromatic carbocycles. The molecular weight excluding hydrogens is 424 g/mol. The molecule has 0 bridgehead atoms. The number of hydrogen-bond acceptors (Lipinski definition) is 5. The van der Waals surface area contributed by atoms with E-state index < -0.39 is 0 Å². The minimum absolute atomic E-state index is 0.0391. The first kappa shape index (κ1) is 23.1. The maximum atomic E-state index is 11.3. The molecule has 1 unspecified atom stereocenters. The third kappa shape index (κ3) is 6.03. The summed E-state index contributed by atoms with van der Waals surface area (Å²) in [7, 11) is 1.68. The van der Waals surface area contributed by atoms with Crippen molar-refractivity contribution < 1.29 is 14.3 Å². The average Bonchev–Trinajstić information content (AvgIpc) is 3.64. The number of nitrogens with zero attached hydrogens (tertiary/aromatic N) is 1. The number of methoxy groups -OCH3 is 1. The Balaban J connectivity index is 1.70. The summed E-state index contributed by atoms with van der Waals surface area (Å²) < 4.78 is 11.0. The lowest BCUT2D eigenvalue weighted by atomic mass is 9.95. The normalized spacial score (nSPS) is 17.7. The van der Waals surface area contributed by atoms with E-state index in [-0.39, 0.29) is 5.92 Å². The first-order valence-corrected chi connectivity index (χ1v) is 12.0. The Kier molecular flexibility index (Phi) is 8.06. The second-order valence-corrected chi connectivity index (χ2v) is 9.34. The molecule has 1 heterocycles. The summed E-state index contributed by atoms with van der Waals surface area (Å²) in [6.45, 7) is 3.23. The number of carbonyl (C=O) groups is 1. The largest absolute Gasteiger partial charge is 0.384 e. The van der Waals surface area contributed by atoms with Gasteiger partial charge in [-0.3, -0.25) is 0 Å². The Labute approximate surface area is 196 Å². The first-order valence-electron chi connectivity index (χ1n) is 11.6. The molecule has 6 heteroatoms. The van der Waals surface area contributed by atoms with Crippen LogP contribution in [-0.4, -0.2) is 45.8 Å². The van der Waals surface area contributed by atoms with Gasteiger partial charge in [-0.25, -0.2) is 0 Å². The topological polar surface area (TPSA) is 50.8 Å². The molecule has 0 aromatic heterocycles. The minimum Gasteiger partial charge on any atom is -0.384 e. The monoisotopic (exact) mass is 456 g/mol. The van der Waals surface area contributed by atoms with Crippen molar-refractivity contribution in [3.63, 3.8) is 0 Å². The van der Waals surface area contributed by atoms with E-state index in [1.54, 1.807) is 7.11 Å². The van der Waals surface area contributed by atoms with E-state index in [1.165, 1.54) is 18.5 Å². The van der Waals surface area contributed by atoms with Crippen LogP contribution in [0.4, 0.5) is 17.1 Å². The lowest BCUT2D eigenvalue weighted by molar-refractivity contribution is -0.108. The number of benzene rings is 2. The van der Waals surface area contributed by atoms with Crippen LogP contribution in [0.15, 0.2) is 42.5 Å². The Morgan fingerprint density at radius 1 is 1.16 bits per heavy atom. The van der Waals surface area contributed by atoms with Crippen molar-refractivity contribution in [1.29, 1.82) is 0 Å². The number of carbonyl (C=O) groups excluding carboxylic acids is 1. The fourth-order valence-electron chi connectivity index (χ4n) is 4.48. The molecule has 2 aliphatic rings. The van der Waals surface area contributed by atoms with Crippen LogP contribution in [0.25, 0.3) is 0 Å². The van der Waals surface area contributed by atoms with E-state index in [0.717, 1.165) is 61.7 Å². The maximum absolute atomic E-state index is 11.3. The van der Waals surface area contributed by atoms with Crippen LogP contribution in [0, 0.1) is 5.92 Å². The smallest absolute Gasteiger partial charge is 0.120 e. The van der Waals surface area contributed by atoms with Gasteiger partial charge in [0.05, 0.1) is 18.0 Å². The third-order valence-electron chi connectivity index (χ3n) is 6.46. The fourth-order valence-corrected chi connectivity index (χ4v) is 4.61. The zero-order valence-corrected chi connectivity index (χ0v) is 19.5. The number of rotatable bonds is 11. The van der Waals surface area contributed by atoms with Gasteiger partial charge in [0.2, 0.25) is 0 Å². The maximum Gasteiger partial charge on any atom is 0.120 e. The zero-order valence-electron chi connectivity index (χ0n) is 18.8. The van der Waals surface area contributed by atoms with E-state index in [4.69, 9.17) is 21.1 Å². The summed E-state index contributed by atoms with van der Waals surface area (Å²) in [6, 6.07) is 14.8. The summed E-state index contributed by atoms with van der Waals surface area (Å²) in [5.74, 6) is 0.814. The molecule has 4 rings (SSSR count). The van der Waals surface area contributed by atoms with Gasteiger partial charge >= 0.3 is 0 Å². The molecule has 0 radical (unpaired) electrons. The van der Waals surface area contributed by atoms with Gasteiger partial charge in [0.1, 0.15) is 6.29 Å². The van der Waals surface area contributed by atoms with E-state index in [1.807, 2.05) is 24.3 Å². The number of halogens is 1. The van der Waals surface area contributed by atoms with E-state index in [9.17, 15) is 4.79 Å². The van der Waals surface area contributed by atoms with Gasteiger partial charge in [-0.1, -0.05) is 17.7 Å². The molecule has 1 aliphatic heterocycles. The standard InChI is InChI=1S/C26H33ClN2O3/c1-31-18-21(10-13-30)20-4-9-26(25(16-20)28-23-7-5-22(27)6-8-23)29(17-19-2-3-19)24-11-14-32-15-12-24/h4-9,13,16,19,21,24,28H,2-3,10-12,14-15,17-18H2,1H3. The highest BCUT2D eigenvalue weighted by atomic mass is 35.5. The van der Waals surface area contributed by atoms with Gasteiger partial charge < -0.3 is 24.5 Å². The molecule has 2 fully saturated rings. The Morgan fingerprint density at radius 2 is 1.91 bits per heavy atom. The van der Waals surface area contributed by atoms with Crippen LogP contribution in [0.5, 0.6) is 0 Å². The zero-order chi connectivity index (χ0) is 22.3. The Morgan fingerprint density at radius 3 is 2.56 bits per heavy atom. The number of nitrogens with one attached hydrogen (secondary N) is 1. The van der Waals surface area contributed by atoms with Gasteiger partial charge in [-0.2, -0.15) is 0 Å². The Hall–Kier alpha value is -2.08. The van der Waals surface area contributed by atoms with Crippen LogP contribution < -0.4 is 10.2 Å². The van der Waals surface area contributed by atoms with E-state index in [0.29, 0.717) is 24.1 Å². The second kappa shape index (κ2) is 11.2. The van der Waals surface area contributed by atoms with Crippen molar-refractivity contribution in [2.45, 2.75) is 44.1 Å². The fraction of sp³-hybridized carbons (Fsp3) is 0.500. The summed E-state index contributed by atoms with van der Waals surface area (Å²) in [5, 5.41) is 4.35. The Bertz CT molecular complexity index is 879. The number of aldehydes is 1. The first-order chi connectivity index (χ1) is 15.7. The molecule has 1 saturated carbocycles. The van der Waals surface area contributed by atoms with Gasteiger partial charge in [0, 0.05) is 56.0 Å². The third-order valence-corrected chi connectivity index (χ3v) is 6.71. The molecule has 1 aliphatic carbocycles. The van der Waals surface area contributed by atoms with Gasteiger partial charge in [0.15, 0.2) is 0 Å². The quantitative estimate of drug-likeness (QED) is 0.433. The highest BCUT2D eigenvalue weighted by Crippen LogP contribution is 2.39. The predicted octanol–water partition coefficient (Wildman–Crippen LogP) is 5.80. The molecule has 2 aromatic rings. The molecule has 1 atom stereocenters. The van der Waals surface area contributed by atoms with Crippen molar-refractivity contribution in [3.05, 3.63) is 53.1 Å². The van der Waals surface area contributed by atoms with Crippen molar-refractivity contribution in [2.75, 3.05) is 43.7 Å². The number of anilines is 3. The van der Waals surface area contributed by atoms with Gasteiger partial charge in [-0.15, -0.1) is 0 Å². The lowest BCUT2D eigenvalue weighted by Crippen LogP contribution is -2.41. The van der Waals surface area contributed by atoms with E-state index >= 15 is 0 Å². The molecule has 1 N–H and O–H groups in total. The summed E-state index contributed by atoms with van der Waals surface area (Å²) >= 11 is 6.10. The lowest BCUT2D eigenvalue weighted by Gasteiger charge is -2.38. The highest BCUT2D eigenvalue weighted by Gasteiger charge is 2.31. The molecule has 32 heavy (non-hydrogen) atoms.